The summed E-state index contributed by atoms with van der Waals surface area (Å²) in [5.41, 5.74) is 16.0. The largest absolute Gasteiger partial charge is 0.457 e. The number of aromatic nitrogens is 2. The average molecular weight is 715 g/mol. The summed E-state index contributed by atoms with van der Waals surface area (Å²) in [6.45, 7) is 0. The van der Waals surface area contributed by atoms with Gasteiger partial charge in [-0.25, -0.2) is 9.97 Å². The van der Waals surface area contributed by atoms with Crippen molar-refractivity contribution in [1.29, 1.82) is 0 Å². The fraction of sp³-hybridized carbons (Fsp3) is 0.0189. The molecule has 0 radical (unpaired) electrons. The van der Waals surface area contributed by atoms with Crippen LogP contribution < -0.4 is 4.74 Å². The van der Waals surface area contributed by atoms with Gasteiger partial charge in [-0.2, -0.15) is 0 Å². The van der Waals surface area contributed by atoms with Crippen molar-refractivity contribution in [2.45, 2.75) is 5.41 Å². The van der Waals surface area contributed by atoms with Gasteiger partial charge in [-0.05, 0) is 74.8 Å². The van der Waals surface area contributed by atoms with E-state index in [2.05, 4.69) is 194 Å². The van der Waals surface area contributed by atoms with E-state index in [1.807, 2.05) is 12.1 Å². The summed E-state index contributed by atoms with van der Waals surface area (Å²) in [5, 5.41) is 0. The highest BCUT2D eigenvalue weighted by molar-refractivity contribution is 5.90. The zero-order valence-electron chi connectivity index (χ0n) is 30.4. The molecular weight excluding hydrogens is 681 g/mol. The topological polar surface area (TPSA) is 35.0 Å². The van der Waals surface area contributed by atoms with Crippen LogP contribution in [0.3, 0.4) is 0 Å². The summed E-state index contributed by atoms with van der Waals surface area (Å²) >= 11 is 0. The molecule has 2 aliphatic rings. The van der Waals surface area contributed by atoms with Crippen molar-refractivity contribution in [3.05, 3.63) is 229 Å². The Morgan fingerprint density at radius 1 is 0.304 bits per heavy atom. The van der Waals surface area contributed by atoms with Gasteiger partial charge in [0, 0.05) is 27.8 Å². The third-order valence-corrected chi connectivity index (χ3v) is 11.4. The maximum Gasteiger partial charge on any atom is 0.161 e. The minimum atomic E-state index is -0.553. The summed E-state index contributed by atoms with van der Waals surface area (Å²) in [6.07, 6.45) is 0. The van der Waals surface area contributed by atoms with Crippen molar-refractivity contribution >= 4 is 0 Å². The van der Waals surface area contributed by atoms with Gasteiger partial charge in [-0.15, -0.1) is 0 Å². The zero-order valence-corrected chi connectivity index (χ0v) is 30.4. The van der Waals surface area contributed by atoms with Crippen LogP contribution in [-0.4, -0.2) is 9.97 Å². The molecule has 0 atom stereocenters. The van der Waals surface area contributed by atoms with Crippen molar-refractivity contribution in [3.8, 4) is 78.8 Å². The molecule has 1 aromatic heterocycles. The fourth-order valence-corrected chi connectivity index (χ4v) is 8.91. The number of rotatable bonds is 5. The minimum absolute atomic E-state index is 0.553. The molecule has 0 unspecified atom stereocenters. The molecule has 0 bridgehead atoms. The van der Waals surface area contributed by atoms with Gasteiger partial charge in [0.05, 0.1) is 16.8 Å². The van der Waals surface area contributed by atoms with E-state index < -0.39 is 5.41 Å². The van der Waals surface area contributed by atoms with Crippen LogP contribution in [0.2, 0.25) is 0 Å². The second kappa shape index (κ2) is 12.9. The number of hydrogen-bond acceptors (Lipinski definition) is 3. The van der Waals surface area contributed by atoms with Crippen LogP contribution in [0.4, 0.5) is 0 Å². The molecule has 0 N–H and O–H groups in total. The van der Waals surface area contributed by atoms with E-state index in [1.54, 1.807) is 0 Å². The Bertz CT molecular complexity index is 2910. The van der Waals surface area contributed by atoms with Crippen LogP contribution in [0.15, 0.2) is 206 Å². The Labute approximate surface area is 326 Å². The third-order valence-electron chi connectivity index (χ3n) is 11.4. The molecule has 11 rings (SSSR count). The number of fused-ring (bicyclic) bond motifs is 9. The van der Waals surface area contributed by atoms with Gasteiger partial charge >= 0.3 is 0 Å². The minimum Gasteiger partial charge on any atom is -0.457 e. The first-order chi connectivity index (χ1) is 27.8. The van der Waals surface area contributed by atoms with E-state index in [4.69, 9.17) is 14.7 Å². The normalized spacial score (nSPS) is 12.9. The predicted octanol–water partition coefficient (Wildman–Crippen LogP) is 13.3. The molecule has 0 saturated heterocycles. The van der Waals surface area contributed by atoms with Crippen molar-refractivity contribution in [3.63, 3.8) is 0 Å². The Hall–Kier alpha value is -7.36. The second-order valence-corrected chi connectivity index (χ2v) is 14.5. The predicted molar refractivity (Wildman–Crippen MR) is 227 cm³/mol. The zero-order chi connectivity index (χ0) is 37.1. The highest BCUT2D eigenvalue weighted by Gasteiger charge is 2.51. The van der Waals surface area contributed by atoms with Crippen LogP contribution in [0.5, 0.6) is 11.5 Å². The molecule has 0 amide bonds. The van der Waals surface area contributed by atoms with E-state index in [9.17, 15) is 0 Å². The number of hydrogen-bond donors (Lipinski definition) is 0. The number of nitrogens with zero attached hydrogens (tertiary/aromatic N) is 2. The molecule has 2 heterocycles. The van der Waals surface area contributed by atoms with Gasteiger partial charge in [-0.3, -0.25) is 0 Å². The molecule has 3 heteroatoms. The maximum absolute atomic E-state index is 6.75. The molecule has 1 spiro atoms. The summed E-state index contributed by atoms with van der Waals surface area (Å²) in [7, 11) is 0. The van der Waals surface area contributed by atoms with E-state index >= 15 is 0 Å². The van der Waals surface area contributed by atoms with Gasteiger partial charge < -0.3 is 4.74 Å². The van der Waals surface area contributed by atoms with Gasteiger partial charge in [0.1, 0.15) is 11.5 Å². The number of ether oxygens (including phenoxy) is 1. The highest BCUT2D eigenvalue weighted by atomic mass is 16.5. The van der Waals surface area contributed by atoms with Crippen molar-refractivity contribution < 1.29 is 4.74 Å². The van der Waals surface area contributed by atoms with Crippen LogP contribution in [-0.2, 0) is 5.41 Å². The second-order valence-electron chi connectivity index (χ2n) is 14.5. The lowest BCUT2D eigenvalue weighted by Crippen LogP contribution is -2.32. The fourth-order valence-electron chi connectivity index (χ4n) is 8.91. The molecule has 56 heavy (non-hydrogen) atoms. The quantitative estimate of drug-likeness (QED) is 0.178. The summed E-state index contributed by atoms with van der Waals surface area (Å²) in [4.78, 5) is 10.6. The lowest BCUT2D eigenvalue weighted by molar-refractivity contribution is 0.436. The van der Waals surface area contributed by atoms with Crippen LogP contribution in [0, 0.1) is 0 Å². The SMILES string of the molecule is c1ccc(-c2cccc(-c3cc(-c4ccccc4)nc(-c4ccccc4-c4ccc5c(c4)C4(c6ccccc6O5)c5ccccc5-c5ccccc54)n3)c2)cc1. The molecule has 0 fully saturated rings. The van der Waals surface area contributed by atoms with Gasteiger partial charge in [0.15, 0.2) is 5.82 Å². The van der Waals surface area contributed by atoms with E-state index in [0.29, 0.717) is 5.82 Å². The van der Waals surface area contributed by atoms with Crippen molar-refractivity contribution in [2.75, 3.05) is 0 Å². The van der Waals surface area contributed by atoms with E-state index in [1.165, 1.54) is 27.8 Å². The summed E-state index contributed by atoms with van der Waals surface area (Å²) < 4.78 is 6.75. The average Bonchev–Trinajstić information content (AvgIpc) is 3.57. The standard InChI is InChI=1S/C53H34N2O/c1-3-16-35(17-4-1)37-20-15-21-39(32-37)49-34-48(36-18-5-2-6-19-36)54-52(55-49)43-25-8-7-22-40(43)38-30-31-51-47(33-38)53(46-28-13-14-29-50(46)56-51)44-26-11-9-23-41(44)42-24-10-12-27-45(42)53/h1-34H. The molecular formula is C53H34N2O. The smallest absolute Gasteiger partial charge is 0.161 e. The molecule has 262 valence electrons. The summed E-state index contributed by atoms with van der Waals surface area (Å²) in [6, 6.07) is 73.0. The van der Waals surface area contributed by atoms with Gasteiger partial charge in [-0.1, -0.05) is 176 Å². The first-order valence-electron chi connectivity index (χ1n) is 19.1. The summed E-state index contributed by atoms with van der Waals surface area (Å²) in [5.74, 6) is 2.42. The van der Waals surface area contributed by atoms with E-state index in [-0.39, 0.29) is 0 Å². The van der Waals surface area contributed by atoms with Crippen LogP contribution in [0.1, 0.15) is 22.3 Å². The molecule has 9 aromatic rings. The first kappa shape index (κ1) is 32.1. The van der Waals surface area contributed by atoms with Gasteiger partial charge in [0.25, 0.3) is 0 Å². The van der Waals surface area contributed by atoms with Crippen LogP contribution in [0.25, 0.3) is 67.3 Å². The number of benzene rings is 8. The monoisotopic (exact) mass is 714 g/mol. The number of para-hydroxylation sites is 1. The molecule has 1 aliphatic heterocycles. The Kier molecular flexibility index (Phi) is 7.39. The van der Waals surface area contributed by atoms with Crippen molar-refractivity contribution in [2.24, 2.45) is 0 Å². The Balaban J connectivity index is 1.12. The Morgan fingerprint density at radius 2 is 0.821 bits per heavy atom. The van der Waals surface area contributed by atoms with Crippen molar-refractivity contribution in [1.82, 2.24) is 9.97 Å². The van der Waals surface area contributed by atoms with Gasteiger partial charge in [0.2, 0.25) is 0 Å². The lowest BCUT2D eigenvalue weighted by atomic mass is 9.65. The maximum atomic E-state index is 6.75. The molecule has 8 aromatic carbocycles. The molecule has 3 nitrogen and oxygen atoms in total. The Morgan fingerprint density at radius 3 is 1.54 bits per heavy atom. The molecule has 1 aliphatic carbocycles. The third kappa shape index (κ3) is 4.98. The lowest BCUT2D eigenvalue weighted by Gasteiger charge is -2.39. The highest BCUT2D eigenvalue weighted by Crippen LogP contribution is 2.62. The van der Waals surface area contributed by atoms with Crippen LogP contribution >= 0.6 is 0 Å². The van der Waals surface area contributed by atoms with E-state index in [0.717, 1.165) is 67.4 Å². The first-order valence-corrected chi connectivity index (χ1v) is 19.1. The molecule has 0 saturated carbocycles.